The SMILES string of the molecule is COC(=O)[C@@]1(C)CC[C@]2(C)CC[C@]3(C)C(=CC[C@@H]4[C@@]5(C)CC[C@H](O[C@@H]6C[C@@H](OC(C)=O)[C@@H](OC(C)=O)[C@@H](COC(C)=O)O6)C(C)(C)[C@@H]5CC[C@]43C)[C@@H]2C1. The molecule has 5 fully saturated rings. The number of rotatable bonds is 7. The van der Waals surface area contributed by atoms with Crippen molar-refractivity contribution in [3.05, 3.63) is 11.6 Å². The second kappa shape index (κ2) is 13.9. The first kappa shape index (κ1) is 40.2. The summed E-state index contributed by atoms with van der Waals surface area (Å²) in [6.45, 7) is 20.8. The highest BCUT2D eigenvalue weighted by atomic mass is 16.7. The number of hydrogen-bond acceptors (Lipinski definition) is 10. The van der Waals surface area contributed by atoms with Crippen LogP contribution in [0.15, 0.2) is 11.6 Å². The van der Waals surface area contributed by atoms with E-state index in [4.69, 9.17) is 28.4 Å². The topological polar surface area (TPSA) is 124 Å². The lowest BCUT2D eigenvalue weighted by Crippen LogP contribution is -2.65. The summed E-state index contributed by atoms with van der Waals surface area (Å²) in [5, 5.41) is 0. The van der Waals surface area contributed by atoms with Gasteiger partial charge in [0.25, 0.3) is 0 Å². The Morgan fingerprint density at radius 1 is 0.811 bits per heavy atom. The number of esters is 4. The van der Waals surface area contributed by atoms with Gasteiger partial charge >= 0.3 is 23.9 Å². The van der Waals surface area contributed by atoms with Crippen molar-refractivity contribution in [3.63, 3.8) is 0 Å². The molecule has 6 rings (SSSR count). The van der Waals surface area contributed by atoms with E-state index in [2.05, 4.69) is 54.5 Å². The van der Waals surface area contributed by atoms with Crippen LogP contribution in [-0.2, 0) is 47.6 Å². The molecule has 298 valence electrons. The van der Waals surface area contributed by atoms with Gasteiger partial charge in [-0.3, -0.25) is 19.2 Å². The Kier molecular flexibility index (Phi) is 10.6. The van der Waals surface area contributed by atoms with Crippen molar-refractivity contribution in [2.75, 3.05) is 13.7 Å². The summed E-state index contributed by atoms with van der Waals surface area (Å²) in [5.41, 5.74) is 1.50. The van der Waals surface area contributed by atoms with Crippen LogP contribution in [0.1, 0.15) is 140 Å². The average Bonchev–Trinajstić information content (AvgIpc) is 3.06. The van der Waals surface area contributed by atoms with E-state index in [1.807, 2.05) is 0 Å². The normalized spacial score (nSPS) is 45.8. The second-order valence-corrected chi connectivity index (χ2v) is 19.6. The first-order chi connectivity index (χ1) is 24.6. The van der Waals surface area contributed by atoms with Crippen molar-refractivity contribution in [1.29, 1.82) is 0 Å². The minimum atomic E-state index is -0.930. The zero-order valence-electron chi connectivity index (χ0n) is 34.3. The highest BCUT2D eigenvalue weighted by Crippen LogP contribution is 2.76. The molecule has 0 bridgehead atoms. The summed E-state index contributed by atoms with van der Waals surface area (Å²) >= 11 is 0. The number of fused-ring (bicyclic) bond motifs is 7. The largest absolute Gasteiger partial charge is 0.469 e. The van der Waals surface area contributed by atoms with Gasteiger partial charge in [0.2, 0.25) is 0 Å². The van der Waals surface area contributed by atoms with Gasteiger partial charge in [0.05, 0.1) is 18.6 Å². The van der Waals surface area contributed by atoms with E-state index in [0.717, 1.165) is 51.4 Å². The quantitative estimate of drug-likeness (QED) is 0.110. The molecule has 5 aliphatic carbocycles. The monoisotopic (exact) mass is 742 g/mol. The van der Waals surface area contributed by atoms with Crippen LogP contribution in [0.5, 0.6) is 0 Å². The molecular weight excluding hydrogens is 676 g/mol. The number of carbonyl (C=O) groups excluding carboxylic acids is 4. The van der Waals surface area contributed by atoms with Crippen LogP contribution >= 0.6 is 0 Å². The molecule has 6 aliphatic rings. The number of carbonyl (C=O) groups is 4. The fourth-order valence-electron chi connectivity index (χ4n) is 13.2. The molecule has 0 aromatic heterocycles. The molecule has 1 saturated heterocycles. The van der Waals surface area contributed by atoms with E-state index in [0.29, 0.717) is 17.8 Å². The minimum absolute atomic E-state index is 0.0637. The van der Waals surface area contributed by atoms with Gasteiger partial charge in [-0.05, 0) is 116 Å². The van der Waals surface area contributed by atoms with Crippen LogP contribution in [0, 0.1) is 50.2 Å². The van der Waals surface area contributed by atoms with E-state index in [1.165, 1.54) is 40.7 Å². The lowest BCUT2D eigenvalue weighted by Gasteiger charge is -2.71. The van der Waals surface area contributed by atoms with Gasteiger partial charge in [-0.1, -0.05) is 53.2 Å². The van der Waals surface area contributed by atoms with E-state index < -0.39 is 47.9 Å². The Bertz CT molecular complexity index is 1500. The van der Waals surface area contributed by atoms with Crippen molar-refractivity contribution in [2.45, 2.75) is 171 Å². The maximum absolute atomic E-state index is 13.1. The van der Waals surface area contributed by atoms with Crippen LogP contribution in [-0.4, -0.2) is 68.3 Å². The Balaban J connectivity index is 1.24. The van der Waals surface area contributed by atoms with Crippen LogP contribution in [0.2, 0.25) is 0 Å². The third-order valence-corrected chi connectivity index (χ3v) is 16.3. The molecule has 0 N–H and O–H groups in total. The fourth-order valence-corrected chi connectivity index (χ4v) is 13.2. The molecule has 0 radical (unpaired) electrons. The Hall–Kier alpha value is -2.46. The van der Waals surface area contributed by atoms with E-state index in [-0.39, 0.29) is 52.2 Å². The molecular formula is C43H66O10. The summed E-state index contributed by atoms with van der Waals surface area (Å²) < 4.78 is 35.1. The third kappa shape index (κ3) is 6.67. The van der Waals surface area contributed by atoms with E-state index in [9.17, 15) is 19.2 Å². The second-order valence-electron chi connectivity index (χ2n) is 19.6. The minimum Gasteiger partial charge on any atom is -0.469 e. The van der Waals surface area contributed by atoms with Crippen molar-refractivity contribution < 1.29 is 47.6 Å². The van der Waals surface area contributed by atoms with Crippen molar-refractivity contribution in [3.8, 4) is 0 Å². The van der Waals surface area contributed by atoms with Gasteiger partial charge in [-0.25, -0.2) is 0 Å². The lowest BCUT2D eigenvalue weighted by atomic mass is 9.33. The molecule has 1 heterocycles. The van der Waals surface area contributed by atoms with Gasteiger partial charge in [-0.2, -0.15) is 0 Å². The summed E-state index contributed by atoms with van der Waals surface area (Å²) in [7, 11) is 1.53. The Morgan fingerprint density at radius 3 is 2.13 bits per heavy atom. The van der Waals surface area contributed by atoms with Crippen LogP contribution in [0.4, 0.5) is 0 Å². The Labute approximate surface area is 317 Å². The molecule has 10 heteroatoms. The van der Waals surface area contributed by atoms with Gasteiger partial charge in [-0.15, -0.1) is 0 Å². The zero-order chi connectivity index (χ0) is 38.9. The smallest absolute Gasteiger partial charge is 0.311 e. The van der Waals surface area contributed by atoms with Crippen LogP contribution in [0.25, 0.3) is 0 Å². The first-order valence-electron chi connectivity index (χ1n) is 20.2. The number of methoxy groups -OCH3 is 1. The Morgan fingerprint density at radius 2 is 1.49 bits per heavy atom. The highest BCUT2D eigenvalue weighted by Gasteiger charge is 2.68. The van der Waals surface area contributed by atoms with E-state index in [1.54, 1.807) is 5.57 Å². The summed E-state index contributed by atoms with van der Waals surface area (Å²) in [6, 6.07) is 0. The van der Waals surface area contributed by atoms with Gasteiger partial charge < -0.3 is 28.4 Å². The molecule has 0 aromatic carbocycles. The molecule has 13 atom stereocenters. The number of allylic oxidation sites excluding steroid dienone is 2. The van der Waals surface area contributed by atoms with Crippen molar-refractivity contribution in [1.82, 2.24) is 0 Å². The predicted octanol–water partition coefficient (Wildman–Crippen LogP) is 7.89. The fraction of sp³-hybridized carbons (Fsp3) is 0.860. The summed E-state index contributed by atoms with van der Waals surface area (Å²) in [5.74, 6) is -0.280. The van der Waals surface area contributed by atoms with Gasteiger partial charge in [0, 0.05) is 27.2 Å². The molecule has 0 aromatic rings. The third-order valence-electron chi connectivity index (χ3n) is 16.3. The molecule has 53 heavy (non-hydrogen) atoms. The lowest BCUT2D eigenvalue weighted by molar-refractivity contribution is -0.300. The van der Waals surface area contributed by atoms with Crippen molar-refractivity contribution >= 4 is 23.9 Å². The van der Waals surface area contributed by atoms with Gasteiger partial charge in [0.1, 0.15) is 18.8 Å². The zero-order valence-corrected chi connectivity index (χ0v) is 34.3. The van der Waals surface area contributed by atoms with Crippen LogP contribution in [0.3, 0.4) is 0 Å². The molecule has 0 amide bonds. The molecule has 4 saturated carbocycles. The van der Waals surface area contributed by atoms with E-state index >= 15 is 0 Å². The standard InChI is InChI=1S/C43H66O10/c1-25(44)49-24-31-36(51-27(3)46)30(50-26(2)45)22-35(52-31)53-34-15-16-41(8)32(38(34,4)5)14-17-43(10)33(41)13-12-28-29-23-40(7,37(47)48-11)19-18-39(29,6)20-21-42(28,43)9/h12,29-36H,13-24H2,1-11H3/t29-,30+,31+,32-,33+,34-,35+,36+,39+,40-,41-,42+,43+/m0/s1. The maximum Gasteiger partial charge on any atom is 0.311 e. The number of hydrogen-bond donors (Lipinski definition) is 0. The van der Waals surface area contributed by atoms with Gasteiger partial charge in [0.15, 0.2) is 12.4 Å². The average molecular weight is 743 g/mol. The maximum atomic E-state index is 13.1. The van der Waals surface area contributed by atoms with Crippen LogP contribution < -0.4 is 0 Å². The van der Waals surface area contributed by atoms with Crippen molar-refractivity contribution in [2.24, 2.45) is 50.2 Å². The summed E-state index contributed by atoms with van der Waals surface area (Å²) in [6.07, 6.45) is 9.78. The number of ether oxygens (including phenoxy) is 6. The molecule has 10 nitrogen and oxygen atoms in total. The first-order valence-corrected chi connectivity index (χ1v) is 20.2. The molecule has 0 unspecified atom stereocenters. The molecule has 1 aliphatic heterocycles. The summed E-state index contributed by atoms with van der Waals surface area (Å²) in [4.78, 5) is 49.1. The molecule has 0 spiro atoms. The highest BCUT2D eigenvalue weighted by molar-refractivity contribution is 5.76. The predicted molar refractivity (Wildman–Crippen MR) is 197 cm³/mol.